The van der Waals surface area contributed by atoms with Crippen molar-refractivity contribution >= 4 is 0 Å². The van der Waals surface area contributed by atoms with E-state index in [4.69, 9.17) is 5.26 Å². The molecule has 0 atom stereocenters. The van der Waals surface area contributed by atoms with Gasteiger partial charge >= 0.3 is 0 Å². The van der Waals surface area contributed by atoms with E-state index in [0.29, 0.717) is 5.56 Å². The van der Waals surface area contributed by atoms with Crippen LogP contribution in [0.5, 0.6) is 0 Å². The third-order valence-corrected chi connectivity index (χ3v) is 2.41. The molecular formula is C16H11N. The molecule has 0 saturated carbocycles. The second kappa shape index (κ2) is 5.01. The maximum Gasteiger partial charge on any atom is 0.100 e. The van der Waals surface area contributed by atoms with E-state index >= 15 is 0 Å². The number of hydrogen-bond acceptors (Lipinski definition) is 1. The molecule has 0 aliphatic rings. The summed E-state index contributed by atoms with van der Waals surface area (Å²) in [5.74, 6) is 6.09. The molecule has 1 nitrogen and oxygen atoms in total. The first-order chi connectivity index (χ1) is 8.29. The van der Waals surface area contributed by atoms with Crippen LogP contribution in [0, 0.1) is 30.1 Å². The predicted molar refractivity (Wildman–Crippen MR) is 68.3 cm³/mol. The molecule has 80 valence electrons. The summed E-state index contributed by atoms with van der Waals surface area (Å²) in [5, 5.41) is 9.02. The molecule has 2 aromatic rings. The lowest BCUT2D eigenvalue weighted by atomic mass is 10.1. The van der Waals surface area contributed by atoms with Crippen LogP contribution >= 0.6 is 0 Å². The van der Waals surface area contributed by atoms with Gasteiger partial charge in [0.2, 0.25) is 0 Å². The normalized spacial score (nSPS) is 8.94. The predicted octanol–water partition coefficient (Wildman–Crippen LogP) is 3.27. The molecule has 0 radical (unpaired) electrons. The summed E-state index contributed by atoms with van der Waals surface area (Å²) in [4.78, 5) is 0. The molecule has 1 heteroatoms. The number of nitrogens with zero attached hydrogens (tertiary/aromatic N) is 1. The highest BCUT2D eigenvalue weighted by atomic mass is 14.2. The fraction of sp³-hybridized carbons (Fsp3) is 0.0625. The zero-order valence-electron chi connectivity index (χ0n) is 9.57. The van der Waals surface area contributed by atoms with E-state index in [2.05, 4.69) is 17.9 Å². The lowest BCUT2D eigenvalue weighted by Crippen LogP contribution is -1.85. The van der Waals surface area contributed by atoms with Gasteiger partial charge in [-0.1, -0.05) is 36.1 Å². The fourth-order valence-electron chi connectivity index (χ4n) is 1.52. The molecule has 0 bridgehead atoms. The third kappa shape index (κ3) is 2.74. The Hall–Kier alpha value is -2.51. The van der Waals surface area contributed by atoms with E-state index in [0.717, 1.165) is 16.7 Å². The van der Waals surface area contributed by atoms with Crippen LogP contribution in [0.15, 0.2) is 48.5 Å². The minimum Gasteiger partial charge on any atom is -0.192 e. The Morgan fingerprint density at radius 1 is 0.882 bits per heavy atom. The van der Waals surface area contributed by atoms with Crippen molar-refractivity contribution in [3.8, 4) is 17.9 Å². The molecule has 0 aliphatic carbocycles. The van der Waals surface area contributed by atoms with Gasteiger partial charge in [-0.15, -0.1) is 0 Å². The van der Waals surface area contributed by atoms with E-state index in [1.807, 2.05) is 55.5 Å². The first kappa shape index (κ1) is 11.0. The summed E-state index contributed by atoms with van der Waals surface area (Å²) in [7, 11) is 0. The van der Waals surface area contributed by atoms with E-state index in [9.17, 15) is 0 Å². The van der Waals surface area contributed by atoms with Crippen LogP contribution in [0.4, 0.5) is 0 Å². The van der Waals surface area contributed by atoms with E-state index in [-0.39, 0.29) is 0 Å². The van der Waals surface area contributed by atoms with Gasteiger partial charge < -0.3 is 0 Å². The Labute approximate surface area is 101 Å². The van der Waals surface area contributed by atoms with E-state index in [1.165, 1.54) is 0 Å². The molecular weight excluding hydrogens is 206 g/mol. The monoisotopic (exact) mass is 217 g/mol. The average molecular weight is 217 g/mol. The van der Waals surface area contributed by atoms with Crippen molar-refractivity contribution in [2.24, 2.45) is 0 Å². The Morgan fingerprint density at radius 3 is 2.35 bits per heavy atom. The van der Waals surface area contributed by atoms with Gasteiger partial charge in [-0.2, -0.15) is 5.26 Å². The molecule has 0 saturated heterocycles. The van der Waals surface area contributed by atoms with Gasteiger partial charge in [0.1, 0.15) is 6.07 Å². The van der Waals surface area contributed by atoms with Crippen molar-refractivity contribution in [3.05, 3.63) is 70.8 Å². The van der Waals surface area contributed by atoms with Gasteiger partial charge in [-0.05, 0) is 36.8 Å². The number of rotatable bonds is 0. The lowest BCUT2D eigenvalue weighted by Gasteiger charge is -1.96. The minimum atomic E-state index is 0.633. The average Bonchev–Trinajstić information content (AvgIpc) is 2.38. The Kier molecular flexibility index (Phi) is 3.24. The van der Waals surface area contributed by atoms with Crippen molar-refractivity contribution in [1.82, 2.24) is 0 Å². The number of hydrogen-bond donors (Lipinski definition) is 0. The highest BCUT2D eigenvalue weighted by Crippen LogP contribution is 2.09. The first-order valence-corrected chi connectivity index (χ1v) is 5.37. The first-order valence-electron chi connectivity index (χ1n) is 5.37. The van der Waals surface area contributed by atoms with Crippen LogP contribution in [0.1, 0.15) is 22.3 Å². The van der Waals surface area contributed by atoms with Crippen LogP contribution in [-0.4, -0.2) is 0 Å². The third-order valence-electron chi connectivity index (χ3n) is 2.41. The van der Waals surface area contributed by atoms with Crippen molar-refractivity contribution < 1.29 is 0 Å². The SMILES string of the molecule is Cc1ccc(C#Cc2ccccc2)c(C#N)c1. The van der Waals surface area contributed by atoms with Gasteiger partial charge in [0.05, 0.1) is 5.56 Å². The van der Waals surface area contributed by atoms with Gasteiger partial charge in [0.25, 0.3) is 0 Å². The number of nitriles is 1. The van der Waals surface area contributed by atoms with Gasteiger partial charge in [-0.3, -0.25) is 0 Å². The maximum atomic E-state index is 9.02. The van der Waals surface area contributed by atoms with Gasteiger partial charge in [0.15, 0.2) is 0 Å². The van der Waals surface area contributed by atoms with Crippen LogP contribution < -0.4 is 0 Å². The highest BCUT2D eigenvalue weighted by molar-refractivity contribution is 5.51. The second-order valence-corrected chi connectivity index (χ2v) is 3.78. The zero-order chi connectivity index (χ0) is 12.1. The molecule has 0 amide bonds. The summed E-state index contributed by atoms with van der Waals surface area (Å²) in [5.41, 5.74) is 3.44. The largest absolute Gasteiger partial charge is 0.192 e. The molecule has 0 aromatic heterocycles. The second-order valence-electron chi connectivity index (χ2n) is 3.78. The molecule has 0 heterocycles. The molecule has 0 aliphatic heterocycles. The van der Waals surface area contributed by atoms with Gasteiger partial charge in [0, 0.05) is 11.1 Å². The van der Waals surface area contributed by atoms with Crippen LogP contribution in [0.3, 0.4) is 0 Å². The Bertz CT molecular complexity index is 622. The molecule has 0 spiro atoms. The number of benzene rings is 2. The molecule has 0 N–H and O–H groups in total. The summed E-state index contributed by atoms with van der Waals surface area (Å²) in [6.07, 6.45) is 0. The zero-order valence-corrected chi connectivity index (χ0v) is 9.57. The van der Waals surface area contributed by atoms with Crippen molar-refractivity contribution in [2.45, 2.75) is 6.92 Å². The van der Waals surface area contributed by atoms with Crippen LogP contribution in [0.25, 0.3) is 0 Å². The Balaban J connectivity index is 2.38. The quantitative estimate of drug-likeness (QED) is 0.621. The molecule has 2 rings (SSSR count). The van der Waals surface area contributed by atoms with E-state index in [1.54, 1.807) is 0 Å². The van der Waals surface area contributed by atoms with Crippen LogP contribution in [0.2, 0.25) is 0 Å². The Morgan fingerprint density at radius 2 is 1.65 bits per heavy atom. The smallest absolute Gasteiger partial charge is 0.100 e. The maximum absolute atomic E-state index is 9.02. The standard InChI is InChI=1S/C16H11N/c1-13-7-9-15(16(11-13)12-17)10-8-14-5-3-2-4-6-14/h2-7,9,11H,1H3. The topological polar surface area (TPSA) is 23.8 Å². The lowest BCUT2D eigenvalue weighted by molar-refractivity contribution is 1.40. The molecule has 17 heavy (non-hydrogen) atoms. The van der Waals surface area contributed by atoms with Crippen molar-refractivity contribution in [2.75, 3.05) is 0 Å². The molecule has 0 fully saturated rings. The number of aryl methyl sites for hydroxylation is 1. The summed E-state index contributed by atoms with van der Waals surface area (Å²) in [6, 6.07) is 17.6. The van der Waals surface area contributed by atoms with E-state index < -0.39 is 0 Å². The summed E-state index contributed by atoms with van der Waals surface area (Å²) >= 11 is 0. The summed E-state index contributed by atoms with van der Waals surface area (Å²) in [6.45, 7) is 1.97. The minimum absolute atomic E-state index is 0.633. The highest BCUT2D eigenvalue weighted by Gasteiger charge is 1.98. The van der Waals surface area contributed by atoms with Crippen molar-refractivity contribution in [1.29, 1.82) is 5.26 Å². The van der Waals surface area contributed by atoms with Crippen molar-refractivity contribution in [3.63, 3.8) is 0 Å². The molecule has 0 unspecified atom stereocenters. The molecule has 2 aromatic carbocycles. The summed E-state index contributed by atoms with van der Waals surface area (Å²) < 4.78 is 0. The van der Waals surface area contributed by atoms with Crippen LogP contribution in [-0.2, 0) is 0 Å². The fourth-order valence-corrected chi connectivity index (χ4v) is 1.52. The van der Waals surface area contributed by atoms with Gasteiger partial charge in [-0.25, -0.2) is 0 Å².